The number of nitrogens with one attached hydrogen (secondary N) is 1. The number of ether oxygens (including phenoxy) is 1. The van der Waals surface area contributed by atoms with Gasteiger partial charge >= 0.3 is 0 Å². The number of benzene rings is 2. The summed E-state index contributed by atoms with van der Waals surface area (Å²) in [5, 5.41) is 3.23. The van der Waals surface area contributed by atoms with Gasteiger partial charge in [0, 0.05) is 37.9 Å². The van der Waals surface area contributed by atoms with Crippen molar-refractivity contribution in [1.29, 1.82) is 0 Å². The summed E-state index contributed by atoms with van der Waals surface area (Å²) in [6, 6.07) is 18.9. The van der Waals surface area contributed by atoms with E-state index in [2.05, 4.69) is 45.4 Å². The van der Waals surface area contributed by atoms with Gasteiger partial charge in [0.2, 0.25) is 0 Å². The van der Waals surface area contributed by atoms with Crippen LogP contribution in [-0.4, -0.2) is 56.2 Å². The molecule has 1 N–H and O–H groups in total. The molecule has 1 amide bonds. The van der Waals surface area contributed by atoms with Gasteiger partial charge in [-0.25, -0.2) is 0 Å². The highest BCUT2D eigenvalue weighted by Crippen LogP contribution is 2.22. The minimum Gasteiger partial charge on any atom is -0.378 e. The van der Waals surface area contributed by atoms with Crippen molar-refractivity contribution in [1.82, 2.24) is 10.2 Å². The molecular weight excluding hydrogens is 362 g/mol. The molecule has 0 aromatic heterocycles. The first-order chi connectivity index (χ1) is 14.3. The fourth-order valence-corrected chi connectivity index (χ4v) is 4.37. The Kier molecular flexibility index (Phi) is 6.80. The second-order valence-electron chi connectivity index (χ2n) is 7.93. The number of amides is 1. The molecule has 1 unspecified atom stereocenters. The topological polar surface area (TPSA) is 44.8 Å². The molecule has 154 valence electrons. The molecule has 0 spiro atoms. The molecule has 5 heteroatoms. The third-order valence-electron chi connectivity index (χ3n) is 5.98. The van der Waals surface area contributed by atoms with Gasteiger partial charge in [-0.15, -0.1) is 0 Å². The second-order valence-corrected chi connectivity index (χ2v) is 7.93. The maximum absolute atomic E-state index is 13.0. The zero-order valence-corrected chi connectivity index (χ0v) is 17.1. The van der Waals surface area contributed by atoms with Crippen LogP contribution in [0.5, 0.6) is 0 Å². The lowest BCUT2D eigenvalue weighted by Gasteiger charge is -2.36. The largest absolute Gasteiger partial charge is 0.378 e. The Morgan fingerprint density at radius 2 is 1.72 bits per heavy atom. The number of anilines is 1. The Hall–Kier alpha value is -2.37. The van der Waals surface area contributed by atoms with Crippen LogP contribution in [0.15, 0.2) is 54.6 Å². The molecule has 2 fully saturated rings. The highest BCUT2D eigenvalue weighted by Gasteiger charge is 2.24. The van der Waals surface area contributed by atoms with Crippen LogP contribution in [0.3, 0.4) is 0 Å². The third-order valence-corrected chi connectivity index (χ3v) is 5.98. The maximum atomic E-state index is 13.0. The van der Waals surface area contributed by atoms with Crippen molar-refractivity contribution in [3.63, 3.8) is 0 Å². The summed E-state index contributed by atoms with van der Waals surface area (Å²) in [6.07, 6.45) is 3.60. The number of nitrogens with zero attached hydrogens (tertiary/aromatic N) is 2. The Bertz CT molecular complexity index is 790. The van der Waals surface area contributed by atoms with Crippen molar-refractivity contribution in [2.24, 2.45) is 0 Å². The summed E-state index contributed by atoms with van der Waals surface area (Å²) in [4.78, 5) is 17.8. The van der Waals surface area contributed by atoms with Gasteiger partial charge in [-0.3, -0.25) is 9.69 Å². The third kappa shape index (κ3) is 5.17. The lowest BCUT2D eigenvalue weighted by molar-refractivity contribution is 0.0906. The summed E-state index contributed by atoms with van der Waals surface area (Å²) in [6.45, 7) is 5.84. The van der Waals surface area contributed by atoms with Crippen molar-refractivity contribution >= 4 is 11.6 Å². The van der Waals surface area contributed by atoms with Gasteiger partial charge in [0.25, 0.3) is 5.91 Å². The number of para-hydroxylation sites is 1. The molecule has 2 aromatic rings. The molecule has 0 bridgehead atoms. The summed E-state index contributed by atoms with van der Waals surface area (Å²) in [5.41, 5.74) is 3.11. The van der Waals surface area contributed by atoms with E-state index in [-0.39, 0.29) is 5.91 Å². The van der Waals surface area contributed by atoms with Crippen molar-refractivity contribution in [3.05, 3.63) is 65.7 Å². The van der Waals surface area contributed by atoms with Crippen LogP contribution >= 0.6 is 0 Å². The molecule has 29 heavy (non-hydrogen) atoms. The molecule has 0 aliphatic carbocycles. The van der Waals surface area contributed by atoms with Gasteiger partial charge in [0.15, 0.2) is 0 Å². The fourth-order valence-electron chi connectivity index (χ4n) is 4.37. The molecule has 0 saturated carbocycles. The maximum Gasteiger partial charge on any atom is 0.253 e. The first kappa shape index (κ1) is 19.9. The molecule has 4 rings (SSSR count). The molecule has 1 atom stereocenters. The Morgan fingerprint density at radius 3 is 2.55 bits per heavy atom. The first-order valence-electron chi connectivity index (χ1n) is 10.8. The number of carbonyl (C=O) groups is 1. The highest BCUT2D eigenvalue weighted by atomic mass is 16.5. The second kappa shape index (κ2) is 9.90. The summed E-state index contributed by atoms with van der Waals surface area (Å²) in [7, 11) is 0. The number of piperidine rings is 1. The molecule has 2 heterocycles. The van der Waals surface area contributed by atoms with E-state index in [1.54, 1.807) is 0 Å². The lowest BCUT2D eigenvalue weighted by atomic mass is 10.0. The normalized spacial score (nSPS) is 20.4. The zero-order valence-electron chi connectivity index (χ0n) is 17.1. The monoisotopic (exact) mass is 393 g/mol. The smallest absolute Gasteiger partial charge is 0.253 e. The number of rotatable bonds is 6. The van der Waals surface area contributed by atoms with Crippen molar-refractivity contribution in [2.75, 3.05) is 44.3 Å². The van der Waals surface area contributed by atoms with Crippen LogP contribution in [0, 0.1) is 0 Å². The Morgan fingerprint density at radius 1 is 0.966 bits per heavy atom. The summed E-state index contributed by atoms with van der Waals surface area (Å²) >= 11 is 0. The van der Waals surface area contributed by atoms with E-state index in [4.69, 9.17) is 4.74 Å². The van der Waals surface area contributed by atoms with Crippen LogP contribution in [0.25, 0.3) is 0 Å². The van der Waals surface area contributed by atoms with Gasteiger partial charge in [-0.1, -0.05) is 48.9 Å². The van der Waals surface area contributed by atoms with Crippen molar-refractivity contribution < 1.29 is 9.53 Å². The quantitative estimate of drug-likeness (QED) is 0.818. The molecule has 2 saturated heterocycles. The summed E-state index contributed by atoms with van der Waals surface area (Å²) in [5.74, 6) is 0.0253. The van der Waals surface area contributed by atoms with Gasteiger partial charge in [0.1, 0.15) is 0 Å². The lowest BCUT2D eigenvalue weighted by Crippen LogP contribution is -2.46. The van der Waals surface area contributed by atoms with E-state index in [9.17, 15) is 4.79 Å². The number of likely N-dealkylation sites (tertiary alicyclic amines) is 1. The van der Waals surface area contributed by atoms with Gasteiger partial charge in [0.05, 0.1) is 18.8 Å². The van der Waals surface area contributed by atoms with Crippen LogP contribution in [0.4, 0.5) is 5.69 Å². The Balaban J connectivity index is 1.39. The van der Waals surface area contributed by atoms with Crippen LogP contribution < -0.4 is 10.2 Å². The van der Waals surface area contributed by atoms with E-state index < -0.39 is 0 Å². The molecule has 0 radical (unpaired) electrons. The first-order valence-corrected chi connectivity index (χ1v) is 10.8. The van der Waals surface area contributed by atoms with Gasteiger partial charge in [-0.05, 0) is 37.1 Å². The predicted molar refractivity (Wildman–Crippen MR) is 116 cm³/mol. The number of hydrogen-bond donors (Lipinski definition) is 1. The van der Waals surface area contributed by atoms with Crippen LogP contribution in [-0.2, 0) is 11.3 Å². The Labute approximate surface area is 173 Å². The van der Waals surface area contributed by atoms with E-state index in [1.165, 1.54) is 18.4 Å². The standard InChI is InChI=1S/C24H31N3O2/c28-24(22-11-4-5-12-23(22)26-14-16-29-17-15-26)25-18-21-10-6-7-13-27(21)19-20-8-2-1-3-9-20/h1-5,8-9,11-12,21H,6-7,10,13-19H2,(H,25,28). The van der Waals surface area contributed by atoms with Crippen molar-refractivity contribution in [3.8, 4) is 0 Å². The average molecular weight is 394 g/mol. The minimum atomic E-state index is 0.0253. The van der Waals surface area contributed by atoms with E-state index in [0.717, 1.165) is 43.9 Å². The molecular formula is C24H31N3O2. The molecule has 5 nitrogen and oxygen atoms in total. The SMILES string of the molecule is O=C(NCC1CCCCN1Cc1ccccc1)c1ccccc1N1CCOCC1. The zero-order chi connectivity index (χ0) is 19.9. The number of morpholine rings is 1. The van der Waals surface area contributed by atoms with E-state index in [0.29, 0.717) is 25.8 Å². The predicted octanol–water partition coefficient (Wildman–Crippen LogP) is 3.31. The molecule has 2 aromatic carbocycles. The van der Waals surface area contributed by atoms with E-state index in [1.807, 2.05) is 24.3 Å². The minimum absolute atomic E-state index is 0.0253. The molecule has 2 aliphatic rings. The summed E-state index contributed by atoms with van der Waals surface area (Å²) < 4.78 is 5.46. The average Bonchev–Trinajstić information content (AvgIpc) is 2.79. The van der Waals surface area contributed by atoms with Crippen LogP contribution in [0.2, 0.25) is 0 Å². The van der Waals surface area contributed by atoms with E-state index >= 15 is 0 Å². The number of carbonyl (C=O) groups excluding carboxylic acids is 1. The highest BCUT2D eigenvalue weighted by molar-refractivity contribution is 5.99. The van der Waals surface area contributed by atoms with Crippen LogP contribution in [0.1, 0.15) is 35.2 Å². The van der Waals surface area contributed by atoms with Crippen molar-refractivity contribution in [2.45, 2.75) is 31.8 Å². The van der Waals surface area contributed by atoms with Gasteiger partial charge in [-0.2, -0.15) is 0 Å². The fraction of sp³-hybridized carbons (Fsp3) is 0.458. The molecule has 2 aliphatic heterocycles. The number of hydrogen-bond acceptors (Lipinski definition) is 4. The van der Waals surface area contributed by atoms with Gasteiger partial charge < -0.3 is 15.0 Å².